The van der Waals surface area contributed by atoms with Crippen LogP contribution < -0.4 is 10.6 Å². The maximum Gasteiger partial charge on any atom is 0.240 e. The second-order valence-electron chi connectivity index (χ2n) is 5.78. The van der Waals surface area contributed by atoms with Gasteiger partial charge in [0.2, 0.25) is 5.91 Å². The molecule has 1 fully saturated rings. The lowest BCUT2D eigenvalue weighted by Gasteiger charge is -2.38. The van der Waals surface area contributed by atoms with E-state index < -0.39 is 0 Å². The zero-order chi connectivity index (χ0) is 14.5. The Hall–Kier alpha value is -1.10. The molecule has 1 aliphatic heterocycles. The van der Waals surface area contributed by atoms with Crippen molar-refractivity contribution >= 4 is 24.0 Å². The molecule has 0 bridgehead atoms. The fourth-order valence-electron chi connectivity index (χ4n) is 2.83. The van der Waals surface area contributed by atoms with E-state index >= 15 is 0 Å². The van der Waals surface area contributed by atoms with Gasteiger partial charge in [-0.3, -0.25) is 9.69 Å². The van der Waals surface area contributed by atoms with Crippen molar-refractivity contribution in [1.82, 2.24) is 4.90 Å². The first kappa shape index (κ1) is 18.0. The molecule has 2 rings (SSSR count). The number of likely N-dealkylation sites (tertiary alicyclic amines) is 1. The zero-order valence-electron chi connectivity index (χ0n) is 12.9. The lowest BCUT2D eigenvalue weighted by molar-refractivity contribution is -0.120. The molecule has 1 aromatic rings. The van der Waals surface area contributed by atoms with Crippen LogP contribution >= 0.6 is 12.4 Å². The number of benzene rings is 1. The molecule has 0 aromatic heterocycles. The SMILES string of the molecule is CC1CCN(CC(=O)N(C)c2ccccc2)C(CN)C1.Cl. The Kier molecular flexibility index (Phi) is 7.15. The zero-order valence-corrected chi connectivity index (χ0v) is 13.7. The summed E-state index contributed by atoms with van der Waals surface area (Å²) in [6.45, 7) is 4.32. The van der Waals surface area contributed by atoms with E-state index in [1.165, 1.54) is 0 Å². The number of anilines is 1. The quantitative estimate of drug-likeness (QED) is 0.926. The maximum absolute atomic E-state index is 12.4. The molecule has 1 heterocycles. The van der Waals surface area contributed by atoms with Crippen LogP contribution in [-0.4, -0.2) is 43.5 Å². The van der Waals surface area contributed by atoms with Gasteiger partial charge in [-0.2, -0.15) is 0 Å². The number of halogens is 1. The van der Waals surface area contributed by atoms with Gasteiger partial charge in [0.05, 0.1) is 6.54 Å². The van der Waals surface area contributed by atoms with Gasteiger partial charge in [-0.25, -0.2) is 0 Å². The van der Waals surface area contributed by atoms with Crippen LogP contribution in [0, 0.1) is 5.92 Å². The average molecular weight is 312 g/mol. The van der Waals surface area contributed by atoms with Crippen LogP contribution in [0.5, 0.6) is 0 Å². The highest BCUT2D eigenvalue weighted by atomic mass is 35.5. The van der Waals surface area contributed by atoms with Crippen LogP contribution in [0.25, 0.3) is 0 Å². The summed E-state index contributed by atoms with van der Waals surface area (Å²) in [6.07, 6.45) is 2.25. The van der Waals surface area contributed by atoms with Crippen LogP contribution in [0.2, 0.25) is 0 Å². The van der Waals surface area contributed by atoms with Crippen LogP contribution in [0.1, 0.15) is 19.8 Å². The predicted octanol–water partition coefficient (Wildman–Crippen LogP) is 2.13. The van der Waals surface area contributed by atoms with Gasteiger partial charge in [-0.1, -0.05) is 25.1 Å². The van der Waals surface area contributed by atoms with Crippen molar-refractivity contribution in [2.75, 3.05) is 31.6 Å². The third kappa shape index (κ3) is 4.70. The van der Waals surface area contributed by atoms with Gasteiger partial charge in [0.15, 0.2) is 0 Å². The number of carbonyl (C=O) groups excluding carboxylic acids is 1. The Labute approximate surface area is 133 Å². The highest BCUT2D eigenvalue weighted by Gasteiger charge is 2.27. The lowest BCUT2D eigenvalue weighted by Crippen LogP contribution is -2.50. The number of hydrogen-bond donors (Lipinski definition) is 1. The molecule has 1 aliphatic rings. The van der Waals surface area contributed by atoms with E-state index in [0.717, 1.165) is 25.1 Å². The smallest absolute Gasteiger partial charge is 0.240 e. The fraction of sp³-hybridized carbons (Fsp3) is 0.562. The summed E-state index contributed by atoms with van der Waals surface area (Å²) in [7, 11) is 1.84. The Morgan fingerprint density at radius 3 is 2.67 bits per heavy atom. The van der Waals surface area contributed by atoms with Gasteiger partial charge in [0, 0.05) is 25.3 Å². The number of amides is 1. The van der Waals surface area contributed by atoms with E-state index in [-0.39, 0.29) is 18.3 Å². The molecule has 4 nitrogen and oxygen atoms in total. The van der Waals surface area contributed by atoms with Gasteiger partial charge >= 0.3 is 0 Å². The normalized spacial score (nSPS) is 22.4. The standard InChI is InChI=1S/C16H25N3O.ClH/c1-13-8-9-19(15(10-13)11-17)12-16(20)18(2)14-6-4-3-5-7-14;/h3-7,13,15H,8-12,17H2,1-2H3;1H. The molecule has 2 atom stereocenters. The molecule has 1 amide bonds. The number of likely N-dealkylation sites (N-methyl/N-ethyl adjacent to an activating group) is 1. The summed E-state index contributed by atoms with van der Waals surface area (Å²) < 4.78 is 0. The molecule has 1 aromatic carbocycles. The third-order valence-electron chi connectivity index (χ3n) is 4.23. The van der Waals surface area contributed by atoms with Gasteiger partial charge in [-0.05, 0) is 37.4 Å². The van der Waals surface area contributed by atoms with Crippen molar-refractivity contribution in [1.29, 1.82) is 0 Å². The first-order chi connectivity index (χ1) is 9.61. The van der Waals surface area contributed by atoms with Crippen LogP contribution in [-0.2, 0) is 4.79 Å². The first-order valence-electron chi connectivity index (χ1n) is 7.37. The molecule has 0 radical (unpaired) electrons. The number of para-hydroxylation sites is 1. The second kappa shape index (κ2) is 8.37. The van der Waals surface area contributed by atoms with Gasteiger partial charge in [0.25, 0.3) is 0 Å². The third-order valence-corrected chi connectivity index (χ3v) is 4.23. The molecule has 21 heavy (non-hydrogen) atoms. The second-order valence-corrected chi connectivity index (χ2v) is 5.78. The molecule has 2 N–H and O–H groups in total. The minimum absolute atomic E-state index is 0. The van der Waals surface area contributed by atoms with Crippen molar-refractivity contribution in [3.8, 4) is 0 Å². The monoisotopic (exact) mass is 311 g/mol. The number of hydrogen-bond acceptors (Lipinski definition) is 3. The fourth-order valence-corrected chi connectivity index (χ4v) is 2.83. The number of carbonyl (C=O) groups is 1. The Balaban J connectivity index is 0.00000220. The van der Waals surface area contributed by atoms with E-state index in [2.05, 4.69) is 11.8 Å². The summed E-state index contributed by atoms with van der Waals surface area (Å²) in [5.41, 5.74) is 6.79. The summed E-state index contributed by atoms with van der Waals surface area (Å²) in [4.78, 5) is 16.4. The highest BCUT2D eigenvalue weighted by Crippen LogP contribution is 2.22. The molecule has 118 valence electrons. The Morgan fingerprint density at radius 1 is 1.38 bits per heavy atom. The molecule has 0 spiro atoms. The summed E-state index contributed by atoms with van der Waals surface area (Å²) >= 11 is 0. The summed E-state index contributed by atoms with van der Waals surface area (Å²) in [6, 6.07) is 10.1. The summed E-state index contributed by atoms with van der Waals surface area (Å²) in [5.74, 6) is 0.839. The number of rotatable bonds is 4. The average Bonchev–Trinajstić information content (AvgIpc) is 2.49. The summed E-state index contributed by atoms with van der Waals surface area (Å²) in [5, 5.41) is 0. The van der Waals surface area contributed by atoms with E-state index in [1.54, 1.807) is 4.90 Å². The van der Waals surface area contributed by atoms with E-state index in [9.17, 15) is 4.79 Å². The first-order valence-corrected chi connectivity index (χ1v) is 7.37. The molecule has 1 saturated heterocycles. The molecule has 5 heteroatoms. The Bertz CT molecular complexity index is 440. The number of nitrogens with zero attached hydrogens (tertiary/aromatic N) is 2. The molecule has 2 unspecified atom stereocenters. The molecule has 0 saturated carbocycles. The maximum atomic E-state index is 12.4. The highest BCUT2D eigenvalue weighted by molar-refractivity contribution is 5.94. The molecular formula is C16H26ClN3O. The van der Waals surface area contributed by atoms with Crippen molar-refractivity contribution < 1.29 is 4.79 Å². The van der Waals surface area contributed by atoms with Crippen LogP contribution in [0.3, 0.4) is 0 Å². The minimum Gasteiger partial charge on any atom is -0.329 e. The van der Waals surface area contributed by atoms with Crippen molar-refractivity contribution in [3.63, 3.8) is 0 Å². The van der Waals surface area contributed by atoms with E-state index in [1.807, 2.05) is 37.4 Å². The lowest BCUT2D eigenvalue weighted by atomic mass is 9.92. The van der Waals surface area contributed by atoms with Gasteiger partial charge in [-0.15, -0.1) is 12.4 Å². The number of nitrogens with two attached hydrogens (primary N) is 1. The van der Waals surface area contributed by atoms with Gasteiger partial charge in [0.1, 0.15) is 0 Å². The van der Waals surface area contributed by atoms with Crippen molar-refractivity contribution in [3.05, 3.63) is 30.3 Å². The topological polar surface area (TPSA) is 49.6 Å². The predicted molar refractivity (Wildman–Crippen MR) is 89.9 cm³/mol. The van der Waals surface area contributed by atoms with E-state index in [4.69, 9.17) is 5.73 Å². The molecular weight excluding hydrogens is 286 g/mol. The minimum atomic E-state index is 0. The largest absolute Gasteiger partial charge is 0.329 e. The van der Waals surface area contributed by atoms with Crippen molar-refractivity contribution in [2.24, 2.45) is 11.7 Å². The van der Waals surface area contributed by atoms with Gasteiger partial charge < -0.3 is 10.6 Å². The van der Waals surface area contributed by atoms with Crippen molar-refractivity contribution in [2.45, 2.75) is 25.8 Å². The van der Waals surface area contributed by atoms with Crippen LogP contribution in [0.15, 0.2) is 30.3 Å². The van der Waals surface area contributed by atoms with Crippen LogP contribution in [0.4, 0.5) is 5.69 Å². The molecule has 0 aliphatic carbocycles. The Morgan fingerprint density at radius 2 is 2.05 bits per heavy atom. The van der Waals surface area contributed by atoms with E-state index in [0.29, 0.717) is 25.0 Å². The number of piperidine rings is 1.